The molecule has 3 atom stereocenters. The Balaban J connectivity index is 1.04. The Morgan fingerprint density at radius 3 is 2.61 bits per heavy atom. The Labute approximate surface area is 330 Å². The van der Waals surface area contributed by atoms with E-state index < -0.39 is 24.1 Å². The number of oxazole rings is 1. The first-order valence-corrected chi connectivity index (χ1v) is 19.3. The van der Waals surface area contributed by atoms with Crippen molar-refractivity contribution in [3.8, 4) is 28.7 Å². The maximum Gasteiger partial charge on any atom is 0.307 e. The summed E-state index contributed by atoms with van der Waals surface area (Å²) in [4.78, 5) is 33.7. The molecule has 1 aliphatic carbocycles. The first-order valence-electron chi connectivity index (χ1n) is 18.9. The van der Waals surface area contributed by atoms with Crippen LogP contribution in [0.3, 0.4) is 0 Å². The van der Waals surface area contributed by atoms with E-state index in [0.29, 0.717) is 89.5 Å². The third-order valence-corrected chi connectivity index (χ3v) is 11.9. The molecule has 3 aromatic carbocycles. The van der Waals surface area contributed by atoms with Crippen LogP contribution in [0.5, 0.6) is 0 Å². The van der Waals surface area contributed by atoms with Crippen molar-refractivity contribution in [1.29, 1.82) is 5.26 Å². The average molecular weight is 791 g/mol. The Bertz CT molecular complexity index is 2630. The molecule has 9 rings (SSSR count). The van der Waals surface area contributed by atoms with Crippen molar-refractivity contribution in [1.82, 2.24) is 29.7 Å². The van der Waals surface area contributed by atoms with Crippen molar-refractivity contribution in [2.75, 3.05) is 31.5 Å². The number of anilines is 2. The monoisotopic (exact) mass is 790 g/mol. The Morgan fingerprint density at radius 2 is 1.86 bits per heavy atom. The maximum absolute atomic E-state index is 14.1. The first-order chi connectivity index (χ1) is 27.6. The number of aliphatic hydroxyl groups is 1. The topological polar surface area (TPSA) is 165 Å². The van der Waals surface area contributed by atoms with Gasteiger partial charge in [-0.05, 0) is 91.2 Å². The van der Waals surface area contributed by atoms with Gasteiger partial charge in [0.2, 0.25) is 5.89 Å². The second kappa shape index (κ2) is 14.7. The molecule has 0 amide bonds. The summed E-state index contributed by atoms with van der Waals surface area (Å²) >= 11 is 7.16. The lowest BCUT2D eigenvalue weighted by Gasteiger charge is -2.24. The predicted octanol–water partition coefficient (Wildman–Crippen LogP) is 7.98. The van der Waals surface area contributed by atoms with E-state index in [9.17, 15) is 29.1 Å². The third kappa shape index (κ3) is 6.74. The number of rotatable bonds is 9. The molecule has 15 heteroatoms. The fourth-order valence-electron chi connectivity index (χ4n) is 8.67. The van der Waals surface area contributed by atoms with Crippen LogP contribution >= 0.6 is 11.6 Å². The summed E-state index contributed by atoms with van der Waals surface area (Å²) in [6, 6.07) is 17.1. The lowest BCUT2D eigenvalue weighted by Crippen LogP contribution is -2.26. The lowest BCUT2D eigenvalue weighted by molar-refractivity contribution is -0.141. The molecule has 3 aliphatic rings. The number of likely N-dealkylation sites (tertiary alicyclic amines) is 2. The maximum atomic E-state index is 14.1. The number of nitriles is 1. The molecule has 0 saturated carbocycles. The normalized spacial score (nSPS) is 19.8. The summed E-state index contributed by atoms with van der Waals surface area (Å²) in [5.74, 6) is -1.41. The van der Waals surface area contributed by atoms with E-state index in [-0.39, 0.29) is 29.4 Å². The number of carboxylic acids is 1. The highest BCUT2D eigenvalue weighted by Gasteiger charge is 2.38. The number of aliphatic carboxylic acids is 1. The highest BCUT2D eigenvalue weighted by molar-refractivity contribution is 6.36. The highest BCUT2D eigenvalue weighted by atomic mass is 35.5. The van der Waals surface area contributed by atoms with Crippen LogP contribution in [-0.4, -0.2) is 78.2 Å². The van der Waals surface area contributed by atoms with Gasteiger partial charge in [0, 0.05) is 49.7 Å². The van der Waals surface area contributed by atoms with Crippen LogP contribution in [0.2, 0.25) is 5.02 Å². The summed E-state index contributed by atoms with van der Waals surface area (Å²) < 4.78 is 34.5. The van der Waals surface area contributed by atoms with E-state index >= 15 is 0 Å². The zero-order valence-electron chi connectivity index (χ0n) is 30.8. The van der Waals surface area contributed by atoms with E-state index in [1.54, 1.807) is 18.3 Å². The number of carboxylic acid groups (broad SMARTS) is 1. The van der Waals surface area contributed by atoms with Gasteiger partial charge >= 0.3 is 5.97 Å². The van der Waals surface area contributed by atoms with Crippen LogP contribution in [0, 0.1) is 24.2 Å². The van der Waals surface area contributed by atoms with Crippen molar-refractivity contribution in [3.63, 3.8) is 0 Å². The first kappa shape index (κ1) is 37.0. The summed E-state index contributed by atoms with van der Waals surface area (Å²) in [6.45, 7) is 4.83. The van der Waals surface area contributed by atoms with Gasteiger partial charge in [-0.3, -0.25) is 19.6 Å². The Morgan fingerprint density at radius 1 is 1.05 bits per heavy atom. The second-order valence-electron chi connectivity index (χ2n) is 15.1. The SMILES string of the molecule is Cc1c(Nc2nc(C(F)F)nc3cc(CN4CC[C@@H](O)C4)cnc23)cccc1-c1cccc(-c2nc3cc4c(c(C#N)c3o2)CC[C@H]4N2CC[C@@H](C(=O)O)C2)c1Cl. The van der Waals surface area contributed by atoms with Gasteiger partial charge in [0.15, 0.2) is 17.2 Å². The summed E-state index contributed by atoms with van der Waals surface area (Å²) in [7, 11) is 0. The van der Waals surface area contributed by atoms with Crippen LogP contribution < -0.4 is 5.32 Å². The predicted molar refractivity (Wildman–Crippen MR) is 209 cm³/mol. The fraction of sp³-hybridized carbons (Fsp3) is 0.333. The minimum absolute atomic E-state index is 0.00274. The van der Waals surface area contributed by atoms with Crippen LogP contribution in [0.1, 0.15) is 65.4 Å². The number of benzene rings is 3. The molecule has 2 aliphatic heterocycles. The van der Waals surface area contributed by atoms with E-state index in [2.05, 4.69) is 36.1 Å². The number of aliphatic hydroxyl groups excluding tert-OH is 1. The molecular weight excluding hydrogens is 754 g/mol. The smallest absolute Gasteiger partial charge is 0.307 e. The molecular formula is C42H37ClF2N8O4. The number of hydrogen-bond donors (Lipinski definition) is 3. The summed E-state index contributed by atoms with van der Waals surface area (Å²) in [5.41, 5.74) is 8.00. The Hall–Kier alpha value is -5.59. The van der Waals surface area contributed by atoms with Gasteiger partial charge in [-0.1, -0.05) is 35.9 Å². The van der Waals surface area contributed by atoms with E-state index in [1.807, 2.05) is 43.3 Å². The number of pyridine rings is 1. The average Bonchev–Trinajstić information content (AvgIpc) is 4.02. The zero-order chi connectivity index (χ0) is 39.5. The van der Waals surface area contributed by atoms with Crippen molar-refractivity contribution < 1.29 is 28.2 Å². The molecule has 2 saturated heterocycles. The number of nitrogens with zero attached hydrogens (tertiary/aromatic N) is 7. The molecule has 0 spiro atoms. The molecule has 290 valence electrons. The quantitative estimate of drug-likeness (QED) is 0.130. The molecule has 6 aromatic rings. The van der Waals surface area contributed by atoms with Crippen LogP contribution in [0.4, 0.5) is 20.3 Å². The zero-order valence-corrected chi connectivity index (χ0v) is 31.6. The minimum atomic E-state index is -2.91. The van der Waals surface area contributed by atoms with Gasteiger partial charge in [0.1, 0.15) is 22.7 Å². The number of β-amino-alcohol motifs (C(OH)–C–C–N with tert-alkyl or cyclic N) is 1. The largest absolute Gasteiger partial charge is 0.481 e. The molecule has 0 bridgehead atoms. The number of halogens is 3. The lowest BCUT2D eigenvalue weighted by atomic mass is 9.97. The number of alkyl halides is 2. The molecule has 57 heavy (non-hydrogen) atoms. The van der Waals surface area contributed by atoms with E-state index in [0.717, 1.165) is 40.8 Å². The van der Waals surface area contributed by atoms with Crippen molar-refractivity contribution in [3.05, 3.63) is 93.4 Å². The molecule has 12 nitrogen and oxygen atoms in total. The highest BCUT2D eigenvalue weighted by Crippen LogP contribution is 2.45. The fourth-order valence-corrected chi connectivity index (χ4v) is 8.98. The van der Waals surface area contributed by atoms with Crippen molar-refractivity contribution in [2.45, 2.75) is 57.7 Å². The molecule has 0 radical (unpaired) electrons. The van der Waals surface area contributed by atoms with Crippen LogP contribution in [-0.2, 0) is 17.8 Å². The van der Waals surface area contributed by atoms with Gasteiger partial charge in [-0.15, -0.1) is 0 Å². The second-order valence-corrected chi connectivity index (χ2v) is 15.4. The molecule has 5 heterocycles. The van der Waals surface area contributed by atoms with Crippen LogP contribution in [0.15, 0.2) is 59.1 Å². The van der Waals surface area contributed by atoms with Crippen molar-refractivity contribution >= 4 is 51.2 Å². The summed E-state index contributed by atoms with van der Waals surface area (Å²) in [5, 5.41) is 33.4. The van der Waals surface area contributed by atoms with Gasteiger partial charge in [0.25, 0.3) is 6.43 Å². The van der Waals surface area contributed by atoms with Crippen LogP contribution in [0.25, 0.3) is 44.7 Å². The number of aromatic nitrogens is 4. The molecule has 3 aromatic heterocycles. The number of carbonyl (C=O) groups is 1. The number of hydrogen-bond acceptors (Lipinski definition) is 11. The molecule has 0 unspecified atom stereocenters. The van der Waals surface area contributed by atoms with E-state index in [1.165, 1.54) is 0 Å². The van der Waals surface area contributed by atoms with E-state index in [4.69, 9.17) is 21.0 Å². The third-order valence-electron chi connectivity index (χ3n) is 11.5. The Kier molecular flexibility index (Phi) is 9.56. The minimum Gasteiger partial charge on any atom is -0.481 e. The van der Waals surface area contributed by atoms with Gasteiger partial charge in [0.05, 0.1) is 28.1 Å². The molecule has 3 N–H and O–H groups in total. The van der Waals surface area contributed by atoms with Gasteiger partial charge in [-0.2, -0.15) is 5.26 Å². The molecule has 2 fully saturated rings. The summed E-state index contributed by atoms with van der Waals surface area (Å²) in [6.07, 6.45) is 1.14. The number of fused-ring (bicyclic) bond motifs is 3. The van der Waals surface area contributed by atoms with Gasteiger partial charge in [-0.25, -0.2) is 23.7 Å². The number of nitrogens with one attached hydrogen (secondary N) is 1. The van der Waals surface area contributed by atoms with Crippen molar-refractivity contribution in [2.24, 2.45) is 5.92 Å². The van der Waals surface area contributed by atoms with Gasteiger partial charge < -0.3 is 19.9 Å². The standard InChI is InChI=1S/C42H37ClF2N8O4/c1-21-25(4-3-7-31(21)48-39-36-32(49-40(51-39)38(44)45)14-22(17-47-36)18-52-12-11-24(54)20-52)27-5-2-6-28(35(27)43)41-50-33-15-29-26(30(16-46)37(33)57-41)8-9-34(29)53-13-10-23(19-53)42(55)56/h2-7,14-15,17,23-24,34,38,54H,8-13,18-20H2,1H3,(H,55,56)(H,48,49,51)/t23-,24-,34-/m1/s1.